The number of hydrogen-bond acceptors (Lipinski definition) is 3. The summed E-state index contributed by atoms with van der Waals surface area (Å²) >= 11 is 1.89. The minimum atomic E-state index is -0.307. The van der Waals surface area contributed by atoms with E-state index in [1.165, 1.54) is 43.2 Å². The largest absolute Gasteiger partial charge is 0.508 e. The van der Waals surface area contributed by atoms with Gasteiger partial charge in [-0.25, -0.2) is 4.39 Å². The minimum Gasteiger partial charge on any atom is -0.508 e. The molecule has 0 aromatic heterocycles. The third kappa shape index (κ3) is 6.30. The molecule has 2 N–H and O–H groups in total. The van der Waals surface area contributed by atoms with Gasteiger partial charge in [0.05, 0.1) is 0 Å². The van der Waals surface area contributed by atoms with Crippen molar-refractivity contribution in [3.05, 3.63) is 29.6 Å². The summed E-state index contributed by atoms with van der Waals surface area (Å²) in [4.78, 5) is 0. The molecule has 2 nitrogen and oxygen atoms in total. The summed E-state index contributed by atoms with van der Waals surface area (Å²) in [6.45, 7) is 2.85. The Kier molecular flexibility index (Phi) is 7.91. The standard InChI is InChI=1S/C15H24FNOS/c1-12(14-11-13(16)7-8-15(14)18)17-9-5-3-4-6-10-19-2/h7-8,11-12,17-18H,3-6,9-10H2,1-2H3. The number of thioether (sulfide) groups is 1. The van der Waals surface area contributed by atoms with Gasteiger partial charge in [0, 0.05) is 11.6 Å². The number of halogens is 1. The van der Waals surface area contributed by atoms with Crippen LogP contribution in [0, 0.1) is 5.82 Å². The molecule has 1 unspecified atom stereocenters. The highest BCUT2D eigenvalue weighted by Crippen LogP contribution is 2.24. The quantitative estimate of drug-likeness (QED) is 0.670. The number of unbranched alkanes of at least 4 members (excludes halogenated alkanes) is 3. The first kappa shape index (κ1) is 16.3. The molecule has 0 bridgehead atoms. The van der Waals surface area contributed by atoms with Gasteiger partial charge >= 0.3 is 0 Å². The summed E-state index contributed by atoms with van der Waals surface area (Å²) in [5.41, 5.74) is 0.627. The third-order valence-electron chi connectivity index (χ3n) is 3.18. The number of hydrogen-bond donors (Lipinski definition) is 2. The van der Waals surface area contributed by atoms with Crippen LogP contribution in [0.3, 0.4) is 0 Å². The van der Waals surface area contributed by atoms with Crippen molar-refractivity contribution in [3.8, 4) is 5.75 Å². The van der Waals surface area contributed by atoms with Gasteiger partial charge in [-0.3, -0.25) is 0 Å². The summed E-state index contributed by atoms with van der Waals surface area (Å²) in [6, 6.07) is 4.05. The second-order valence-corrected chi connectivity index (χ2v) is 5.77. The fourth-order valence-electron chi connectivity index (χ4n) is 2.03. The van der Waals surface area contributed by atoms with E-state index in [1.807, 2.05) is 18.7 Å². The van der Waals surface area contributed by atoms with Crippen LogP contribution < -0.4 is 5.32 Å². The van der Waals surface area contributed by atoms with Crippen LogP contribution in [0.15, 0.2) is 18.2 Å². The Morgan fingerprint density at radius 3 is 2.74 bits per heavy atom. The predicted molar refractivity (Wildman–Crippen MR) is 81.3 cm³/mol. The molecule has 0 saturated heterocycles. The molecule has 0 heterocycles. The first-order valence-corrected chi connectivity index (χ1v) is 8.25. The molecular formula is C15H24FNOS. The Hall–Kier alpha value is -0.740. The van der Waals surface area contributed by atoms with Crippen LogP contribution in [-0.4, -0.2) is 23.7 Å². The highest BCUT2D eigenvalue weighted by Gasteiger charge is 2.10. The third-order valence-corrected chi connectivity index (χ3v) is 3.88. The van der Waals surface area contributed by atoms with Crippen LogP contribution in [0.2, 0.25) is 0 Å². The number of phenols is 1. The molecule has 1 atom stereocenters. The monoisotopic (exact) mass is 285 g/mol. The summed E-state index contributed by atoms with van der Waals surface area (Å²) in [5, 5.41) is 13.0. The Morgan fingerprint density at radius 2 is 2.00 bits per heavy atom. The zero-order valence-corrected chi connectivity index (χ0v) is 12.6. The molecule has 1 aromatic carbocycles. The molecule has 19 heavy (non-hydrogen) atoms. The Balaban J connectivity index is 2.23. The van der Waals surface area contributed by atoms with Crippen LogP contribution in [-0.2, 0) is 0 Å². The topological polar surface area (TPSA) is 32.3 Å². The van der Waals surface area contributed by atoms with Crippen LogP contribution in [0.5, 0.6) is 5.75 Å². The van der Waals surface area contributed by atoms with Crippen molar-refractivity contribution in [3.63, 3.8) is 0 Å². The first-order valence-electron chi connectivity index (χ1n) is 6.86. The zero-order chi connectivity index (χ0) is 14.1. The van der Waals surface area contributed by atoms with Crippen molar-refractivity contribution in [1.29, 1.82) is 0 Å². The van der Waals surface area contributed by atoms with Gasteiger partial charge in [-0.15, -0.1) is 0 Å². The van der Waals surface area contributed by atoms with Crippen molar-refractivity contribution in [2.75, 3.05) is 18.6 Å². The van der Waals surface area contributed by atoms with Gasteiger partial charge in [-0.2, -0.15) is 11.8 Å². The summed E-state index contributed by atoms with van der Waals surface area (Å²) in [5.74, 6) is 1.08. The van der Waals surface area contributed by atoms with E-state index < -0.39 is 0 Å². The Bertz CT molecular complexity index is 373. The maximum absolute atomic E-state index is 13.1. The minimum absolute atomic E-state index is 0.0260. The summed E-state index contributed by atoms with van der Waals surface area (Å²) in [6.07, 6.45) is 7.02. The van der Waals surface area contributed by atoms with E-state index >= 15 is 0 Å². The van der Waals surface area contributed by atoms with Gasteiger partial charge < -0.3 is 10.4 Å². The normalized spacial score (nSPS) is 12.6. The van der Waals surface area contributed by atoms with Crippen molar-refractivity contribution in [2.24, 2.45) is 0 Å². The van der Waals surface area contributed by atoms with E-state index in [-0.39, 0.29) is 17.6 Å². The lowest BCUT2D eigenvalue weighted by Gasteiger charge is -2.15. The molecule has 0 amide bonds. The van der Waals surface area contributed by atoms with Crippen molar-refractivity contribution in [2.45, 2.75) is 38.6 Å². The molecular weight excluding hydrogens is 261 g/mol. The average Bonchev–Trinajstić information content (AvgIpc) is 2.40. The maximum Gasteiger partial charge on any atom is 0.123 e. The van der Waals surface area contributed by atoms with Gasteiger partial charge in [-0.1, -0.05) is 12.8 Å². The molecule has 108 valence electrons. The number of phenolic OH excluding ortho intramolecular Hbond substituents is 1. The van der Waals surface area contributed by atoms with Gasteiger partial charge in [0.15, 0.2) is 0 Å². The lowest BCUT2D eigenvalue weighted by molar-refractivity contribution is 0.447. The molecule has 0 aliphatic carbocycles. The van der Waals surface area contributed by atoms with E-state index in [1.54, 1.807) is 0 Å². The van der Waals surface area contributed by atoms with Crippen LogP contribution in [0.25, 0.3) is 0 Å². The maximum atomic E-state index is 13.1. The molecule has 0 aliphatic heterocycles. The van der Waals surface area contributed by atoms with E-state index in [4.69, 9.17) is 0 Å². The lowest BCUT2D eigenvalue weighted by Crippen LogP contribution is -2.20. The summed E-state index contributed by atoms with van der Waals surface area (Å²) in [7, 11) is 0. The Labute approximate surface area is 119 Å². The van der Waals surface area contributed by atoms with Gasteiger partial charge in [0.2, 0.25) is 0 Å². The number of rotatable bonds is 9. The lowest BCUT2D eigenvalue weighted by atomic mass is 10.1. The highest BCUT2D eigenvalue weighted by molar-refractivity contribution is 7.98. The van der Waals surface area contributed by atoms with Gasteiger partial charge in [0.1, 0.15) is 11.6 Å². The van der Waals surface area contributed by atoms with E-state index in [0.717, 1.165) is 13.0 Å². The first-order chi connectivity index (χ1) is 9.15. The SMILES string of the molecule is CSCCCCCCNC(C)c1cc(F)ccc1O. The second kappa shape index (κ2) is 9.21. The smallest absolute Gasteiger partial charge is 0.123 e. The second-order valence-electron chi connectivity index (χ2n) is 4.79. The molecule has 0 aliphatic rings. The van der Waals surface area contributed by atoms with Crippen molar-refractivity contribution in [1.82, 2.24) is 5.32 Å². The molecule has 0 spiro atoms. The van der Waals surface area contributed by atoms with Gasteiger partial charge in [-0.05, 0) is 56.5 Å². The molecule has 0 fully saturated rings. The fourth-order valence-corrected chi connectivity index (χ4v) is 2.52. The number of nitrogens with one attached hydrogen (secondary N) is 1. The van der Waals surface area contributed by atoms with E-state index in [9.17, 15) is 9.50 Å². The number of benzene rings is 1. The van der Waals surface area contributed by atoms with Crippen LogP contribution in [0.1, 0.15) is 44.2 Å². The Morgan fingerprint density at radius 1 is 1.26 bits per heavy atom. The van der Waals surface area contributed by atoms with Crippen LogP contribution >= 0.6 is 11.8 Å². The predicted octanol–water partition coefficient (Wildman–Crippen LogP) is 4.11. The van der Waals surface area contributed by atoms with E-state index in [2.05, 4.69) is 11.6 Å². The molecule has 1 rings (SSSR count). The highest BCUT2D eigenvalue weighted by atomic mass is 32.2. The van der Waals surface area contributed by atoms with Crippen molar-refractivity contribution < 1.29 is 9.50 Å². The summed E-state index contributed by atoms with van der Waals surface area (Å²) < 4.78 is 13.1. The van der Waals surface area contributed by atoms with E-state index in [0.29, 0.717) is 5.56 Å². The average molecular weight is 285 g/mol. The van der Waals surface area contributed by atoms with Crippen molar-refractivity contribution >= 4 is 11.8 Å². The molecule has 4 heteroatoms. The zero-order valence-electron chi connectivity index (χ0n) is 11.8. The number of aromatic hydroxyl groups is 1. The van der Waals surface area contributed by atoms with Crippen LogP contribution in [0.4, 0.5) is 4.39 Å². The van der Waals surface area contributed by atoms with Gasteiger partial charge in [0.25, 0.3) is 0 Å². The molecule has 0 radical (unpaired) electrons. The molecule has 0 saturated carbocycles. The molecule has 1 aromatic rings. The fraction of sp³-hybridized carbons (Fsp3) is 0.600.